The molecule has 17 heavy (non-hydrogen) atoms. The molecule has 1 rings (SSSR count). The van der Waals surface area contributed by atoms with Crippen LogP contribution >= 0.6 is 0 Å². The lowest BCUT2D eigenvalue weighted by molar-refractivity contribution is 0.367. The number of nitrogens with zero attached hydrogens (tertiary/aromatic N) is 1. The number of aromatic nitrogens is 1. The summed E-state index contributed by atoms with van der Waals surface area (Å²) >= 11 is 0. The Labute approximate surface area is 104 Å². The van der Waals surface area contributed by atoms with E-state index in [1.165, 1.54) is 25.3 Å². The maximum Gasteiger partial charge on any atom is 0.145 e. The SMILES string of the molecule is CCCCCCC(C)(CC)c1ncccc1F. The molecule has 1 atom stereocenters. The van der Waals surface area contributed by atoms with E-state index >= 15 is 0 Å². The van der Waals surface area contributed by atoms with Gasteiger partial charge in [-0.1, -0.05) is 46.5 Å². The summed E-state index contributed by atoms with van der Waals surface area (Å²) in [6.07, 6.45) is 8.56. The van der Waals surface area contributed by atoms with Gasteiger partial charge in [0.2, 0.25) is 0 Å². The molecule has 0 radical (unpaired) electrons. The van der Waals surface area contributed by atoms with Crippen LogP contribution in [0.5, 0.6) is 0 Å². The summed E-state index contributed by atoms with van der Waals surface area (Å²) < 4.78 is 13.8. The Morgan fingerprint density at radius 3 is 2.59 bits per heavy atom. The average molecular weight is 237 g/mol. The van der Waals surface area contributed by atoms with Gasteiger partial charge in [0.05, 0.1) is 5.69 Å². The second-order valence-corrected chi connectivity index (χ2v) is 5.06. The van der Waals surface area contributed by atoms with Crippen LogP contribution < -0.4 is 0 Å². The fourth-order valence-corrected chi connectivity index (χ4v) is 2.23. The Kier molecular flexibility index (Phi) is 5.60. The summed E-state index contributed by atoms with van der Waals surface area (Å²) in [5, 5.41) is 0. The minimum Gasteiger partial charge on any atom is -0.258 e. The molecule has 0 spiro atoms. The lowest BCUT2D eigenvalue weighted by Crippen LogP contribution is -2.24. The van der Waals surface area contributed by atoms with Crippen molar-refractivity contribution in [3.63, 3.8) is 0 Å². The van der Waals surface area contributed by atoms with Crippen LogP contribution in [0, 0.1) is 5.82 Å². The van der Waals surface area contributed by atoms with Crippen molar-refractivity contribution in [2.45, 2.75) is 64.7 Å². The zero-order valence-corrected chi connectivity index (χ0v) is 11.3. The fourth-order valence-electron chi connectivity index (χ4n) is 2.23. The highest BCUT2D eigenvalue weighted by atomic mass is 19.1. The van der Waals surface area contributed by atoms with Gasteiger partial charge in [0, 0.05) is 11.6 Å². The van der Waals surface area contributed by atoms with Gasteiger partial charge in [0.1, 0.15) is 5.82 Å². The summed E-state index contributed by atoms with van der Waals surface area (Å²) in [4.78, 5) is 4.25. The maximum atomic E-state index is 13.8. The highest BCUT2D eigenvalue weighted by molar-refractivity contribution is 5.17. The van der Waals surface area contributed by atoms with Crippen molar-refractivity contribution >= 4 is 0 Å². The number of rotatable bonds is 7. The molecule has 1 heterocycles. The van der Waals surface area contributed by atoms with Crippen LogP contribution in [0.15, 0.2) is 18.3 Å². The maximum absolute atomic E-state index is 13.8. The van der Waals surface area contributed by atoms with Crippen LogP contribution in [-0.4, -0.2) is 4.98 Å². The van der Waals surface area contributed by atoms with Gasteiger partial charge >= 0.3 is 0 Å². The number of hydrogen-bond donors (Lipinski definition) is 0. The van der Waals surface area contributed by atoms with E-state index in [2.05, 4.69) is 25.8 Å². The summed E-state index contributed by atoms with van der Waals surface area (Å²) in [5.41, 5.74) is 0.526. The van der Waals surface area contributed by atoms with Gasteiger partial charge in [-0.3, -0.25) is 4.98 Å². The Morgan fingerprint density at radius 2 is 2.00 bits per heavy atom. The number of unbranched alkanes of at least 4 members (excludes halogenated alkanes) is 3. The van der Waals surface area contributed by atoms with Crippen LogP contribution in [0.1, 0.15) is 65.0 Å². The van der Waals surface area contributed by atoms with Crippen molar-refractivity contribution < 1.29 is 4.39 Å². The molecule has 96 valence electrons. The van der Waals surface area contributed by atoms with E-state index in [1.54, 1.807) is 12.3 Å². The zero-order chi connectivity index (χ0) is 12.7. The summed E-state index contributed by atoms with van der Waals surface area (Å²) in [6.45, 7) is 6.45. The first-order valence-corrected chi connectivity index (χ1v) is 6.75. The third kappa shape index (κ3) is 3.79. The monoisotopic (exact) mass is 237 g/mol. The first-order valence-electron chi connectivity index (χ1n) is 6.75. The highest BCUT2D eigenvalue weighted by Crippen LogP contribution is 2.33. The lowest BCUT2D eigenvalue weighted by atomic mass is 9.78. The number of halogens is 1. The van der Waals surface area contributed by atoms with Crippen molar-refractivity contribution in [3.8, 4) is 0 Å². The highest BCUT2D eigenvalue weighted by Gasteiger charge is 2.28. The molecule has 1 nitrogen and oxygen atoms in total. The van der Waals surface area contributed by atoms with Gasteiger partial charge in [-0.05, 0) is 25.0 Å². The summed E-state index contributed by atoms with van der Waals surface area (Å²) in [7, 11) is 0. The Balaban J connectivity index is 2.71. The largest absolute Gasteiger partial charge is 0.258 e. The van der Waals surface area contributed by atoms with Crippen molar-refractivity contribution in [1.29, 1.82) is 0 Å². The normalized spacial score (nSPS) is 14.6. The van der Waals surface area contributed by atoms with Crippen LogP contribution in [0.25, 0.3) is 0 Å². The molecule has 0 fully saturated rings. The third-order valence-corrected chi connectivity index (χ3v) is 3.69. The molecule has 0 N–H and O–H groups in total. The molecule has 0 bridgehead atoms. The minimum atomic E-state index is -0.160. The Hall–Kier alpha value is -0.920. The standard InChI is InChI=1S/C15H24FN/c1-4-6-7-8-11-15(3,5-2)14-13(16)10-9-12-17-14/h9-10,12H,4-8,11H2,1-3H3. The molecule has 1 unspecified atom stereocenters. The van der Waals surface area contributed by atoms with E-state index in [0.29, 0.717) is 5.69 Å². The molecular formula is C15H24FN. The van der Waals surface area contributed by atoms with Crippen molar-refractivity contribution in [2.24, 2.45) is 0 Å². The van der Waals surface area contributed by atoms with E-state index in [9.17, 15) is 4.39 Å². The Bertz CT molecular complexity index is 337. The predicted octanol–water partition coefficient (Wildman–Crippen LogP) is 4.86. The molecule has 0 aliphatic heterocycles. The van der Waals surface area contributed by atoms with Gasteiger partial charge in [0.25, 0.3) is 0 Å². The van der Waals surface area contributed by atoms with Crippen LogP contribution in [0.3, 0.4) is 0 Å². The molecular weight excluding hydrogens is 213 g/mol. The van der Waals surface area contributed by atoms with E-state index in [4.69, 9.17) is 0 Å². The summed E-state index contributed by atoms with van der Waals surface area (Å²) in [5.74, 6) is -0.160. The molecule has 1 aromatic heterocycles. The van der Waals surface area contributed by atoms with Gasteiger partial charge in [0.15, 0.2) is 0 Å². The zero-order valence-electron chi connectivity index (χ0n) is 11.3. The Morgan fingerprint density at radius 1 is 1.24 bits per heavy atom. The van der Waals surface area contributed by atoms with Crippen LogP contribution in [0.4, 0.5) is 4.39 Å². The van der Waals surface area contributed by atoms with Crippen molar-refractivity contribution in [1.82, 2.24) is 4.98 Å². The van der Waals surface area contributed by atoms with E-state index < -0.39 is 0 Å². The van der Waals surface area contributed by atoms with E-state index in [0.717, 1.165) is 19.3 Å². The second kappa shape index (κ2) is 6.73. The van der Waals surface area contributed by atoms with Crippen molar-refractivity contribution in [2.75, 3.05) is 0 Å². The number of pyridine rings is 1. The smallest absolute Gasteiger partial charge is 0.145 e. The fraction of sp³-hybridized carbons (Fsp3) is 0.667. The topological polar surface area (TPSA) is 12.9 Å². The number of hydrogen-bond acceptors (Lipinski definition) is 1. The summed E-state index contributed by atoms with van der Waals surface area (Å²) in [6, 6.07) is 3.17. The first kappa shape index (κ1) is 14.1. The first-order chi connectivity index (χ1) is 8.14. The molecule has 0 aromatic carbocycles. The second-order valence-electron chi connectivity index (χ2n) is 5.06. The predicted molar refractivity (Wildman–Crippen MR) is 70.6 cm³/mol. The average Bonchev–Trinajstić information content (AvgIpc) is 2.35. The van der Waals surface area contributed by atoms with Gasteiger partial charge in [-0.25, -0.2) is 4.39 Å². The molecule has 1 aromatic rings. The third-order valence-electron chi connectivity index (χ3n) is 3.69. The van der Waals surface area contributed by atoms with Crippen molar-refractivity contribution in [3.05, 3.63) is 29.8 Å². The van der Waals surface area contributed by atoms with Crippen LogP contribution in [-0.2, 0) is 5.41 Å². The molecule has 0 aliphatic rings. The lowest BCUT2D eigenvalue weighted by Gasteiger charge is -2.28. The quantitative estimate of drug-likeness (QED) is 0.617. The van der Waals surface area contributed by atoms with Crippen LogP contribution in [0.2, 0.25) is 0 Å². The molecule has 0 saturated carbocycles. The minimum absolute atomic E-state index is 0.112. The molecule has 0 saturated heterocycles. The van der Waals surface area contributed by atoms with Gasteiger partial charge in [-0.2, -0.15) is 0 Å². The molecule has 0 amide bonds. The van der Waals surface area contributed by atoms with E-state index in [-0.39, 0.29) is 11.2 Å². The molecule has 2 heteroatoms. The van der Waals surface area contributed by atoms with Gasteiger partial charge in [-0.15, -0.1) is 0 Å². The molecule has 0 aliphatic carbocycles. The van der Waals surface area contributed by atoms with Gasteiger partial charge < -0.3 is 0 Å². The van der Waals surface area contributed by atoms with E-state index in [1.807, 2.05) is 0 Å².